The van der Waals surface area contributed by atoms with E-state index in [1.54, 1.807) is 12.3 Å². The number of nitrogens with zero attached hydrogens (tertiary/aromatic N) is 2. The van der Waals surface area contributed by atoms with Crippen LogP contribution in [0, 0.1) is 0 Å². The maximum absolute atomic E-state index is 12.6. The highest BCUT2D eigenvalue weighted by molar-refractivity contribution is 5.93. The number of para-hydroxylation sites is 2. The molecule has 0 aliphatic rings. The second-order valence-corrected chi connectivity index (χ2v) is 6.89. The molecule has 2 aromatic carbocycles. The van der Waals surface area contributed by atoms with Gasteiger partial charge in [-0.2, -0.15) is 0 Å². The molecule has 6 nitrogen and oxygen atoms in total. The fourth-order valence-electron chi connectivity index (χ4n) is 3.01. The molecule has 0 bridgehead atoms. The highest BCUT2D eigenvalue weighted by atomic mass is 19.4. The first-order valence-electron chi connectivity index (χ1n) is 9.49. The molecular formula is C22H23F3N4O2. The fourth-order valence-corrected chi connectivity index (χ4v) is 3.01. The summed E-state index contributed by atoms with van der Waals surface area (Å²) in [4.78, 5) is 6.39. The van der Waals surface area contributed by atoms with Crippen LogP contribution in [0.4, 0.5) is 18.9 Å². The predicted molar refractivity (Wildman–Crippen MR) is 112 cm³/mol. The van der Waals surface area contributed by atoms with Crippen molar-refractivity contribution in [2.45, 2.75) is 26.0 Å². The largest absolute Gasteiger partial charge is 0.573 e. The standard InChI is InChI=1S/C22H23F3N4O2/c1-29(15-18-9-6-12-30-18)14-17-8-3-2-7-16(17)13-27-21(26)28-19-10-4-5-11-20(19)31-22(23,24)25/h2-12H,13-15H2,1H3,(H3,26,27,28). The summed E-state index contributed by atoms with van der Waals surface area (Å²) < 4.78 is 47.1. The average molecular weight is 432 g/mol. The maximum Gasteiger partial charge on any atom is 0.573 e. The number of ether oxygens (including phenoxy) is 1. The first kappa shape index (κ1) is 22.2. The molecule has 0 saturated heterocycles. The van der Waals surface area contributed by atoms with E-state index in [9.17, 15) is 13.2 Å². The summed E-state index contributed by atoms with van der Waals surface area (Å²) in [5, 5.41) is 2.67. The van der Waals surface area contributed by atoms with Gasteiger partial charge < -0.3 is 20.2 Å². The van der Waals surface area contributed by atoms with E-state index in [1.807, 2.05) is 43.4 Å². The lowest BCUT2D eigenvalue weighted by molar-refractivity contribution is -0.274. The van der Waals surface area contributed by atoms with Crippen molar-refractivity contribution in [3.63, 3.8) is 0 Å². The van der Waals surface area contributed by atoms with Crippen LogP contribution in [0.25, 0.3) is 0 Å². The lowest BCUT2D eigenvalue weighted by atomic mass is 10.1. The number of nitrogens with one attached hydrogen (secondary N) is 1. The lowest BCUT2D eigenvalue weighted by Gasteiger charge is -2.17. The first-order valence-corrected chi connectivity index (χ1v) is 9.49. The van der Waals surface area contributed by atoms with Gasteiger partial charge in [0.1, 0.15) is 5.76 Å². The fraction of sp³-hybridized carbons (Fsp3) is 0.227. The minimum atomic E-state index is -4.80. The number of guanidine groups is 1. The van der Waals surface area contributed by atoms with Crippen molar-refractivity contribution >= 4 is 11.6 Å². The lowest BCUT2D eigenvalue weighted by Crippen LogP contribution is -2.24. The van der Waals surface area contributed by atoms with Crippen LogP contribution in [-0.4, -0.2) is 24.3 Å². The molecule has 0 atom stereocenters. The van der Waals surface area contributed by atoms with Crippen molar-refractivity contribution in [3.05, 3.63) is 83.8 Å². The summed E-state index contributed by atoms with van der Waals surface area (Å²) in [6.07, 6.45) is -3.16. The summed E-state index contributed by atoms with van der Waals surface area (Å²) in [6.45, 7) is 1.60. The first-order chi connectivity index (χ1) is 14.8. The highest BCUT2D eigenvalue weighted by Gasteiger charge is 2.32. The topological polar surface area (TPSA) is 76.0 Å². The van der Waals surface area contributed by atoms with E-state index in [0.717, 1.165) is 16.9 Å². The number of hydrogen-bond donors (Lipinski definition) is 2. The number of furan rings is 1. The van der Waals surface area contributed by atoms with Crippen LogP contribution < -0.4 is 15.8 Å². The van der Waals surface area contributed by atoms with Crippen LogP contribution in [-0.2, 0) is 19.6 Å². The minimum Gasteiger partial charge on any atom is -0.468 e. The number of benzene rings is 2. The van der Waals surface area contributed by atoms with Gasteiger partial charge in [0.05, 0.1) is 25.0 Å². The van der Waals surface area contributed by atoms with Crippen LogP contribution in [0.1, 0.15) is 16.9 Å². The van der Waals surface area contributed by atoms with Crippen molar-refractivity contribution in [1.82, 2.24) is 4.90 Å². The molecular weight excluding hydrogens is 409 g/mol. The third-order valence-corrected chi connectivity index (χ3v) is 4.36. The number of hydrogen-bond acceptors (Lipinski definition) is 4. The predicted octanol–water partition coefficient (Wildman–Crippen LogP) is 4.74. The number of nitrogens with two attached hydrogens (primary N) is 1. The molecule has 1 aromatic heterocycles. The van der Waals surface area contributed by atoms with E-state index in [0.29, 0.717) is 13.1 Å². The van der Waals surface area contributed by atoms with Crippen molar-refractivity contribution in [1.29, 1.82) is 0 Å². The van der Waals surface area contributed by atoms with E-state index in [-0.39, 0.29) is 23.9 Å². The Labute approximate surface area is 178 Å². The van der Waals surface area contributed by atoms with Crippen LogP contribution in [0.5, 0.6) is 5.75 Å². The Bertz CT molecular complexity index is 1000. The van der Waals surface area contributed by atoms with Crippen LogP contribution >= 0.6 is 0 Å². The smallest absolute Gasteiger partial charge is 0.468 e. The zero-order valence-corrected chi connectivity index (χ0v) is 16.9. The number of anilines is 1. The summed E-state index contributed by atoms with van der Waals surface area (Å²) >= 11 is 0. The maximum atomic E-state index is 12.6. The zero-order valence-electron chi connectivity index (χ0n) is 16.9. The third-order valence-electron chi connectivity index (χ3n) is 4.36. The third kappa shape index (κ3) is 7.07. The normalized spacial score (nSPS) is 12.2. The molecule has 31 heavy (non-hydrogen) atoms. The molecule has 0 fully saturated rings. The van der Waals surface area contributed by atoms with Crippen molar-refractivity contribution in [3.8, 4) is 5.75 Å². The van der Waals surface area contributed by atoms with E-state index < -0.39 is 6.36 Å². The second kappa shape index (κ2) is 10.0. The number of aliphatic imine (C=N–C) groups is 1. The van der Waals surface area contributed by atoms with Crippen LogP contribution in [0.3, 0.4) is 0 Å². The molecule has 0 unspecified atom stereocenters. The van der Waals surface area contributed by atoms with E-state index in [2.05, 4.69) is 19.9 Å². The molecule has 1 heterocycles. The second-order valence-electron chi connectivity index (χ2n) is 6.89. The molecule has 0 radical (unpaired) electrons. The average Bonchev–Trinajstić information content (AvgIpc) is 3.20. The van der Waals surface area contributed by atoms with Crippen molar-refractivity contribution < 1.29 is 22.3 Å². The Morgan fingerprint density at radius 3 is 2.45 bits per heavy atom. The van der Waals surface area contributed by atoms with Gasteiger partial charge in [-0.3, -0.25) is 4.90 Å². The van der Waals surface area contributed by atoms with Crippen molar-refractivity contribution in [2.24, 2.45) is 10.7 Å². The number of halogens is 3. The summed E-state index contributed by atoms with van der Waals surface area (Å²) in [7, 11) is 1.98. The molecule has 9 heteroatoms. The van der Waals surface area contributed by atoms with E-state index >= 15 is 0 Å². The quantitative estimate of drug-likeness (QED) is 0.397. The van der Waals surface area contributed by atoms with Gasteiger partial charge >= 0.3 is 6.36 Å². The van der Waals surface area contributed by atoms with Gasteiger partial charge in [0.2, 0.25) is 0 Å². The van der Waals surface area contributed by atoms with Gasteiger partial charge in [-0.25, -0.2) is 4.99 Å². The molecule has 3 aromatic rings. The molecule has 164 valence electrons. The molecule has 0 saturated carbocycles. The Balaban J connectivity index is 1.65. The van der Waals surface area contributed by atoms with Gasteiger partial charge in [-0.1, -0.05) is 36.4 Å². The van der Waals surface area contributed by atoms with E-state index in [4.69, 9.17) is 10.2 Å². The van der Waals surface area contributed by atoms with Crippen LogP contribution in [0.2, 0.25) is 0 Å². The summed E-state index contributed by atoms with van der Waals surface area (Å²) in [5.41, 5.74) is 8.00. The van der Waals surface area contributed by atoms with E-state index in [1.165, 1.54) is 18.2 Å². The number of alkyl halides is 3. The minimum absolute atomic E-state index is 0.0167. The van der Waals surface area contributed by atoms with Gasteiger partial charge in [0, 0.05) is 6.54 Å². The monoisotopic (exact) mass is 432 g/mol. The Morgan fingerprint density at radius 2 is 1.74 bits per heavy atom. The molecule has 3 rings (SSSR count). The molecule has 0 amide bonds. The van der Waals surface area contributed by atoms with Gasteiger partial charge in [0.25, 0.3) is 0 Å². The molecule has 0 aliphatic carbocycles. The zero-order chi connectivity index (χ0) is 22.3. The summed E-state index contributed by atoms with van der Waals surface area (Å²) in [5.74, 6) is 0.469. The van der Waals surface area contributed by atoms with Gasteiger partial charge in [0.15, 0.2) is 11.7 Å². The molecule has 3 N–H and O–H groups in total. The number of rotatable bonds is 8. The Hall–Kier alpha value is -3.46. The Kier molecular flexibility index (Phi) is 7.19. The van der Waals surface area contributed by atoms with Crippen LogP contribution in [0.15, 0.2) is 76.3 Å². The van der Waals surface area contributed by atoms with Crippen molar-refractivity contribution in [2.75, 3.05) is 12.4 Å². The highest BCUT2D eigenvalue weighted by Crippen LogP contribution is 2.29. The van der Waals surface area contributed by atoms with Gasteiger partial charge in [-0.05, 0) is 42.4 Å². The van der Waals surface area contributed by atoms with Gasteiger partial charge in [-0.15, -0.1) is 13.2 Å². The SMILES string of the molecule is CN(Cc1ccco1)Cc1ccccc1CN=C(N)Nc1ccccc1OC(F)(F)F. The molecule has 0 aliphatic heterocycles. The summed E-state index contributed by atoms with van der Waals surface area (Å²) in [6, 6.07) is 17.2. The molecule has 0 spiro atoms. The Morgan fingerprint density at radius 1 is 1.03 bits per heavy atom.